The molecule has 5 nitrogen and oxygen atoms in total. The molecule has 0 spiro atoms. The number of hydrogen-bond donors (Lipinski definition) is 1. The molecule has 1 aliphatic rings. The Morgan fingerprint density at radius 3 is 2.75 bits per heavy atom. The van der Waals surface area contributed by atoms with Gasteiger partial charge in [-0.05, 0) is 53.9 Å². The van der Waals surface area contributed by atoms with Gasteiger partial charge in [0.05, 0.1) is 12.0 Å². The number of hydrogen-bond acceptors (Lipinski definition) is 5. The van der Waals surface area contributed by atoms with Crippen molar-refractivity contribution in [3.8, 4) is 27.7 Å². The van der Waals surface area contributed by atoms with E-state index in [9.17, 15) is 4.79 Å². The molecule has 1 amide bonds. The topological polar surface area (TPSA) is 56.8 Å². The van der Waals surface area contributed by atoms with Crippen molar-refractivity contribution in [2.24, 2.45) is 0 Å². The van der Waals surface area contributed by atoms with Crippen LogP contribution in [0.15, 0.2) is 54.6 Å². The van der Waals surface area contributed by atoms with Gasteiger partial charge in [-0.1, -0.05) is 18.2 Å². The molecule has 4 rings (SSSR count). The lowest BCUT2D eigenvalue weighted by molar-refractivity contribution is 0.0958. The summed E-state index contributed by atoms with van der Waals surface area (Å²) in [7, 11) is 1.66. The highest BCUT2D eigenvalue weighted by atomic mass is 32.1. The smallest absolute Gasteiger partial charge is 0.261 e. The Balaban J connectivity index is 1.39. The standard InChI is InChI=1S/C22H21NO4S/c1-25-17-5-3-2-4-15(17)10-11-23-22(24)21-9-8-20(28-21)16-6-7-18-19(14-16)27-13-12-26-18/h2-9,14H,10-13H2,1H3,(H,23,24). The number of methoxy groups -OCH3 is 1. The summed E-state index contributed by atoms with van der Waals surface area (Å²) in [6.45, 7) is 1.68. The number of nitrogens with one attached hydrogen (secondary N) is 1. The van der Waals surface area contributed by atoms with Gasteiger partial charge in [0.2, 0.25) is 0 Å². The molecule has 28 heavy (non-hydrogen) atoms. The lowest BCUT2D eigenvalue weighted by Crippen LogP contribution is -2.24. The molecule has 1 aromatic heterocycles. The fourth-order valence-electron chi connectivity index (χ4n) is 3.12. The highest BCUT2D eigenvalue weighted by Gasteiger charge is 2.15. The predicted octanol–water partition coefficient (Wildman–Crippen LogP) is 4.17. The molecule has 0 saturated heterocycles. The molecule has 0 atom stereocenters. The van der Waals surface area contributed by atoms with Crippen LogP contribution in [0.4, 0.5) is 0 Å². The maximum atomic E-state index is 12.5. The molecule has 0 fully saturated rings. The minimum absolute atomic E-state index is 0.0660. The van der Waals surface area contributed by atoms with E-state index in [-0.39, 0.29) is 5.91 Å². The molecule has 2 heterocycles. The second-order valence-corrected chi connectivity index (χ2v) is 7.42. The van der Waals surface area contributed by atoms with Crippen LogP contribution < -0.4 is 19.5 Å². The minimum Gasteiger partial charge on any atom is -0.496 e. The quantitative estimate of drug-likeness (QED) is 0.681. The first-order chi connectivity index (χ1) is 13.7. The third kappa shape index (κ3) is 3.97. The normalized spacial score (nSPS) is 12.5. The molecular formula is C22H21NO4S. The Hall–Kier alpha value is -2.99. The van der Waals surface area contributed by atoms with Gasteiger partial charge >= 0.3 is 0 Å². The molecule has 0 radical (unpaired) electrons. The highest BCUT2D eigenvalue weighted by Crippen LogP contribution is 2.36. The van der Waals surface area contributed by atoms with Crippen molar-refractivity contribution in [3.63, 3.8) is 0 Å². The van der Waals surface area contributed by atoms with E-state index in [1.165, 1.54) is 11.3 Å². The Bertz CT molecular complexity index is 982. The monoisotopic (exact) mass is 395 g/mol. The van der Waals surface area contributed by atoms with Crippen LogP contribution in [0.5, 0.6) is 17.2 Å². The van der Waals surface area contributed by atoms with E-state index in [2.05, 4.69) is 5.32 Å². The fourth-order valence-corrected chi connectivity index (χ4v) is 4.04. The first kappa shape index (κ1) is 18.4. The summed E-state index contributed by atoms with van der Waals surface area (Å²) in [4.78, 5) is 14.2. The maximum absolute atomic E-state index is 12.5. The molecule has 2 aromatic carbocycles. The second-order valence-electron chi connectivity index (χ2n) is 6.34. The molecule has 3 aromatic rings. The van der Waals surface area contributed by atoms with Crippen LogP contribution in [0, 0.1) is 0 Å². The van der Waals surface area contributed by atoms with Gasteiger partial charge in [0.1, 0.15) is 19.0 Å². The summed E-state index contributed by atoms with van der Waals surface area (Å²) in [5, 5.41) is 2.98. The average Bonchev–Trinajstić information content (AvgIpc) is 3.24. The number of carbonyl (C=O) groups excluding carboxylic acids is 1. The van der Waals surface area contributed by atoms with Crippen LogP contribution in [0.25, 0.3) is 10.4 Å². The van der Waals surface area contributed by atoms with E-state index in [1.807, 2.05) is 54.6 Å². The van der Waals surface area contributed by atoms with Gasteiger partial charge in [-0.2, -0.15) is 0 Å². The van der Waals surface area contributed by atoms with Crippen LogP contribution in [-0.2, 0) is 6.42 Å². The zero-order valence-corrected chi connectivity index (χ0v) is 16.4. The Morgan fingerprint density at radius 2 is 1.89 bits per heavy atom. The number of thiophene rings is 1. The molecule has 0 saturated carbocycles. The summed E-state index contributed by atoms with van der Waals surface area (Å²) in [6, 6.07) is 17.5. The molecule has 0 unspecified atom stereocenters. The molecule has 144 valence electrons. The van der Waals surface area contributed by atoms with Gasteiger partial charge < -0.3 is 19.5 Å². The molecule has 6 heteroatoms. The summed E-state index contributed by atoms with van der Waals surface area (Å²) < 4.78 is 16.6. The molecular weight excluding hydrogens is 374 g/mol. The largest absolute Gasteiger partial charge is 0.496 e. The van der Waals surface area contributed by atoms with Gasteiger partial charge in [0.15, 0.2) is 11.5 Å². The predicted molar refractivity (Wildman–Crippen MR) is 110 cm³/mol. The van der Waals surface area contributed by atoms with Crippen LogP contribution in [-0.4, -0.2) is 32.8 Å². The Labute approximate surface area is 167 Å². The van der Waals surface area contributed by atoms with Crippen molar-refractivity contribution in [3.05, 3.63) is 65.0 Å². The van der Waals surface area contributed by atoms with Gasteiger partial charge in [0.25, 0.3) is 5.91 Å². The SMILES string of the molecule is COc1ccccc1CCNC(=O)c1ccc(-c2ccc3c(c2)OCCO3)s1. The van der Waals surface area contributed by atoms with E-state index in [0.717, 1.165) is 39.7 Å². The number of carbonyl (C=O) groups is 1. The van der Waals surface area contributed by atoms with Gasteiger partial charge in [-0.3, -0.25) is 4.79 Å². The van der Waals surface area contributed by atoms with E-state index >= 15 is 0 Å². The lowest BCUT2D eigenvalue weighted by atomic mass is 10.1. The first-order valence-electron chi connectivity index (χ1n) is 9.14. The van der Waals surface area contributed by atoms with Crippen molar-refractivity contribution in [1.29, 1.82) is 0 Å². The highest BCUT2D eigenvalue weighted by molar-refractivity contribution is 7.17. The van der Waals surface area contributed by atoms with Crippen molar-refractivity contribution in [1.82, 2.24) is 5.32 Å². The zero-order chi connectivity index (χ0) is 19.3. The Morgan fingerprint density at radius 1 is 1.07 bits per heavy atom. The zero-order valence-electron chi connectivity index (χ0n) is 15.6. The fraction of sp³-hybridized carbons (Fsp3) is 0.227. The number of amides is 1. The van der Waals surface area contributed by atoms with E-state index in [4.69, 9.17) is 14.2 Å². The average molecular weight is 395 g/mol. The molecule has 1 N–H and O–H groups in total. The van der Waals surface area contributed by atoms with Crippen molar-refractivity contribution in [2.45, 2.75) is 6.42 Å². The maximum Gasteiger partial charge on any atom is 0.261 e. The van der Waals surface area contributed by atoms with Crippen LogP contribution in [0.1, 0.15) is 15.2 Å². The van der Waals surface area contributed by atoms with Crippen LogP contribution >= 0.6 is 11.3 Å². The number of rotatable bonds is 6. The van der Waals surface area contributed by atoms with Gasteiger partial charge in [-0.25, -0.2) is 0 Å². The van der Waals surface area contributed by atoms with Crippen LogP contribution in [0.3, 0.4) is 0 Å². The van der Waals surface area contributed by atoms with Crippen molar-refractivity contribution >= 4 is 17.2 Å². The molecule has 0 bridgehead atoms. The van der Waals surface area contributed by atoms with Gasteiger partial charge in [0, 0.05) is 11.4 Å². The third-order valence-electron chi connectivity index (χ3n) is 4.53. The number of para-hydroxylation sites is 1. The van der Waals surface area contributed by atoms with E-state index in [0.29, 0.717) is 24.6 Å². The van der Waals surface area contributed by atoms with E-state index in [1.54, 1.807) is 7.11 Å². The molecule has 0 aliphatic carbocycles. The van der Waals surface area contributed by atoms with Crippen molar-refractivity contribution in [2.75, 3.05) is 26.9 Å². The Kier molecular flexibility index (Phi) is 5.48. The summed E-state index contributed by atoms with van der Waals surface area (Å²) >= 11 is 1.47. The van der Waals surface area contributed by atoms with E-state index < -0.39 is 0 Å². The number of ether oxygens (including phenoxy) is 3. The van der Waals surface area contributed by atoms with Crippen LogP contribution in [0.2, 0.25) is 0 Å². The van der Waals surface area contributed by atoms with Gasteiger partial charge in [-0.15, -0.1) is 11.3 Å². The summed E-state index contributed by atoms with van der Waals surface area (Å²) in [5.41, 5.74) is 2.09. The summed E-state index contributed by atoms with van der Waals surface area (Å²) in [6.07, 6.45) is 0.718. The third-order valence-corrected chi connectivity index (χ3v) is 5.66. The number of fused-ring (bicyclic) bond motifs is 1. The second kappa shape index (κ2) is 8.35. The van der Waals surface area contributed by atoms with Crippen molar-refractivity contribution < 1.29 is 19.0 Å². The molecule has 1 aliphatic heterocycles. The minimum atomic E-state index is -0.0660. The lowest BCUT2D eigenvalue weighted by Gasteiger charge is -2.18. The number of benzene rings is 2. The summed E-state index contributed by atoms with van der Waals surface area (Å²) in [5.74, 6) is 2.29. The first-order valence-corrected chi connectivity index (χ1v) is 9.96.